The number of aryl methyl sites for hydroxylation is 2. The van der Waals surface area contributed by atoms with Crippen molar-refractivity contribution in [2.75, 3.05) is 18.8 Å². The van der Waals surface area contributed by atoms with E-state index < -0.39 is 10.0 Å². The highest BCUT2D eigenvalue weighted by Crippen LogP contribution is 2.24. The van der Waals surface area contributed by atoms with Crippen molar-refractivity contribution in [1.29, 1.82) is 0 Å². The first kappa shape index (κ1) is 16.9. The van der Waals surface area contributed by atoms with E-state index in [9.17, 15) is 13.2 Å². The third kappa shape index (κ3) is 4.78. The second-order valence-corrected chi connectivity index (χ2v) is 7.90. The van der Waals surface area contributed by atoms with Crippen molar-refractivity contribution in [3.05, 3.63) is 29.6 Å². The Bertz CT molecular complexity index is 645. The molecule has 1 aromatic rings. The molecule has 0 bridgehead atoms. The topological polar surface area (TPSA) is 93.4 Å². The summed E-state index contributed by atoms with van der Waals surface area (Å²) < 4.78 is 22.4. The second kappa shape index (κ2) is 6.75. The Kier molecular flexibility index (Phi) is 5.18. The zero-order valence-electron chi connectivity index (χ0n) is 13.0. The van der Waals surface area contributed by atoms with Gasteiger partial charge in [0.1, 0.15) is 0 Å². The SMILES string of the molecule is Cc1cncc(CCC(=O)N2C[C@H](CS(N)(=O)=O)[C@@H](C)C2)c1. The second-order valence-electron chi connectivity index (χ2n) is 6.24. The Morgan fingerprint density at radius 2 is 2.14 bits per heavy atom. The zero-order chi connectivity index (χ0) is 16.3. The molecule has 1 aliphatic rings. The Labute approximate surface area is 131 Å². The number of pyridine rings is 1. The number of hydrogen-bond donors (Lipinski definition) is 1. The molecule has 22 heavy (non-hydrogen) atoms. The number of hydrogen-bond acceptors (Lipinski definition) is 4. The molecule has 7 heteroatoms. The summed E-state index contributed by atoms with van der Waals surface area (Å²) in [4.78, 5) is 18.2. The number of likely N-dealkylation sites (tertiary alicyclic amines) is 1. The lowest BCUT2D eigenvalue weighted by atomic mass is 10.0. The fourth-order valence-corrected chi connectivity index (χ4v) is 3.95. The van der Waals surface area contributed by atoms with Gasteiger partial charge in [-0.1, -0.05) is 13.0 Å². The number of nitrogens with two attached hydrogens (primary N) is 1. The van der Waals surface area contributed by atoms with Gasteiger partial charge in [0.15, 0.2) is 0 Å². The Hall–Kier alpha value is -1.47. The van der Waals surface area contributed by atoms with E-state index in [0.717, 1.165) is 11.1 Å². The van der Waals surface area contributed by atoms with Crippen LogP contribution in [-0.2, 0) is 21.2 Å². The van der Waals surface area contributed by atoms with Crippen LogP contribution in [-0.4, -0.2) is 43.1 Å². The lowest BCUT2D eigenvalue weighted by Crippen LogP contribution is -2.31. The van der Waals surface area contributed by atoms with E-state index >= 15 is 0 Å². The van der Waals surface area contributed by atoms with E-state index in [1.54, 1.807) is 17.3 Å². The summed E-state index contributed by atoms with van der Waals surface area (Å²) in [5.41, 5.74) is 2.12. The van der Waals surface area contributed by atoms with Crippen LogP contribution >= 0.6 is 0 Å². The van der Waals surface area contributed by atoms with Gasteiger partial charge < -0.3 is 4.90 Å². The monoisotopic (exact) mass is 325 g/mol. The van der Waals surface area contributed by atoms with Crippen molar-refractivity contribution < 1.29 is 13.2 Å². The largest absolute Gasteiger partial charge is 0.342 e. The van der Waals surface area contributed by atoms with Crippen LogP contribution in [0, 0.1) is 18.8 Å². The molecular formula is C15H23N3O3S. The van der Waals surface area contributed by atoms with Crippen LogP contribution in [0.3, 0.4) is 0 Å². The van der Waals surface area contributed by atoms with Crippen molar-refractivity contribution >= 4 is 15.9 Å². The summed E-state index contributed by atoms with van der Waals surface area (Å²) in [7, 11) is -3.50. The summed E-state index contributed by atoms with van der Waals surface area (Å²) in [6.07, 6.45) is 4.63. The molecule has 1 aliphatic heterocycles. The summed E-state index contributed by atoms with van der Waals surface area (Å²) >= 11 is 0. The highest BCUT2D eigenvalue weighted by atomic mass is 32.2. The van der Waals surface area contributed by atoms with E-state index in [1.807, 2.05) is 19.9 Å². The number of aromatic nitrogens is 1. The lowest BCUT2D eigenvalue weighted by Gasteiger charge is -2.16. The van der Waals surface area contributed by atoms with Gasteiger partial charge in [0.25, 0.3) is 0 Å². The predicted molar refractivity (Wildman–Crippen MR) is 84.5 cm³/mol. The molecule has 2 N–H and O–H groups in total. The molecule has 2 heterocycles. The molecule has 122 valence electrons. The lowest BCUT2D eigenvalue weighted by molar-refractivity contribution is -0.130. The standard InChI is InChI=1S/C15H23N3O3S/c1-11-5-13(7-17-6-11)3-4-15(19)18-8-12(2)14(9-18)10-22(16,20)21/h5-7,12,14H,3-4,8-10H2,1-2H3,(H2,16,20,21)/t12-,14+/m0/s1. The fourth-order valence-electron chi connectivity index (χ4n) is 2.92. The maximum absolute atomic E-state index is 12.3. The van der Waals surface area contributed by atoms with Crippen LogP contribution in [0.2, 0.25) is 0 Å². The van der Waals surface area contributed by atoms with Gasteiger partial charge in [-0.25, -0.2) is 13.6 Å². The van der Waals surface area contributed by atoms with Gasteiger partial charge in [-0.3, -0.25) is 9.78 Å². The number of nitrogens with zero attached hydrogens (tertiary/aromatic N) is 2. The Balaban J connectivity index is 1.88. The molecular weight excluding hydrogens is 302 g/mol. The van der Waals surface area contributed by atoms with Gasteiger partial charge in [-0.15, -0.1) is 0 Å². The molecule has 1 saturated heterocycles. The van der Waals surface area contributed by atoms with Gasteiger partial charge in [0.05, 0.1) is 5.75 Å². The van der Waals surface area contributed by atoms with Gasteiger partial charge in [-0.05, 0) is 36.3 Å². The summed E-state index contributed by atoms with van der Waals surface area (Å²) in [6, 6.07) is 2.02. The van der Waals surface area contributed by atoms with Crippen LogP contribution in [0.1, 0.15) is 24.5 Å². The number of carbonyl (C=O) groups excluding carboxylic acids is 1. The molecule has 1 fully saturated rings. The summed E-state index contributed by atoms with van der Waals surface area (Å²) in [5.74, 6) is 0.0903. The Morgan fingerprint density at radius 1 is 1.41 bits per heavy atom. The van der Waals surface area contributed by atoms with Crippen LogP contribution < -0.4 is 5.14 Å². The van der Waals surface area contributed by atoms with Gasteiger partial charge in [0.2, 0.25) is 15.9 Å². The number of sulfonamides is 1. The molecule has 0 saturated carbocycles. The van der Waals surface area contributed by atoms with Gasteiger partial charge >= 0.3 is 0 Å². The van der Waals surface area contributed by atoms with Crippen molar-refractivity contribution in [2.45, 2.75) is 26.7 Å². The number of rotatable bonds is 5. The molecule has 0 aromatic carbocycles. The maximum atomic E-state index is 12.3. The molecule has 0 aliphatic carbocycles. The van der Waals surface area contributed by atoms with Gasteiger partial charge in [-0.2, -0.15) is 0 Å². The number of amides is 1. The first-order valence-corrected chi connectivity index (χ1v) is 9.15. The predicted octanol–water partition coefficient (Wildman–Crippen LogP) is 0.706. The fraction of sp³-hybridized carbons (Fsp3) is 0.600. The van der Waals surface area contributed by atoms with Crippen LogP contribution in [0.15, 0.2) is 18.5 Å². The molecule has 0 unspecified atom stereocenters. The average molecular weight is 325 g/mol. The van der Waals surface area contributed by atoms with Crippen molar-refractivity contribution in [1.82, 2.24) is 9.88 Å². The molecule has 1 aromatic heterocycles. The average Bonchev–Trinajstić information content (AvgIpc) is 2.75. The maximum Gasteiger partial charge on any atom is 0.222 e. The normalized spacial score (nSPS) is 22.0. The van der Waals surface area contributed by atoms with Crippen LogP contribution in [0.5, 0.6) is 0 Å². The molecule has 6 nitrogen and oxygen atoms in total. The van der Waals surface area contributed by atoms with Crippen LogP contribution in [0.25, 0.3) is 0 Å². The molecule has 2 atom stereocenters. The highest BCUT2D eigenvalue weighted by Gasteiger charge is 2.34. The smallest absolute Gasteiger partial charge is 0.222 e. The summed E-state index contributed by atoms with van der Waals surface area (Å²) in [6.45, 7) is 5.01. The van der Waals surface area contributed by atoms with Crippen molar-refractivity contribution in [3.8, 4) is 0 Å². The third-order valence-electron chi connectivity index (χ3n) is 4.13. The van der Waals surface area contributed by atoms with Gasteiger partial charge in [0, 0.05) is 31.9 Å². The van der Waals surface area contributed by atoms with E-state index in [1.165, 1.54) is 0 Å². The quantitative estimate of drug-likeness (QED) is 0.862. The van der Waals surface area contributed by atoms with Crippen molar-refractivity contribution in [3.63, 3.8) is 0 Å². The minimum atomic E-state index is -3.50. The molecule has 0 radical (unpaired) electrons. The summed E-state index contributed by atoms with van der Waals surface area (Å²) in [5, 5.41) is 5.11. The third-order valence-corrected chi connectivity index (χ3v) is 5.02. The van der Waals surface area contributed by atoms with E-state index in [4.69, 9.17) is 5.14 Å². The van der Waals surface area contributed by atoms with Crippen molar-refractivity contribution in [2.24, 2.45) is 17.0 Å². The zero-order valence-corrected chi connectivity index (χ0v) is 13.8. The molecule has 0 spiro atoms. The van der Waals surface area contributed by atoms with E-state index in [2.05, 4.69) is 4.98 Å². The van der Waals surface area contributed by atoms with E-state index in [0.29, 0.717) is 25.9 Å². The van der Waals surface area contributed by atoms with Crippen LogP contribution in [0.4, 0.5) is 0 Å². The first-order valence-electron chi connectivity index (χ1n) is 7.43. The minimum Gasteiger partial charge on any atom is -0.342 e. The highest BCUT2D eigenvalue weighted by molar-refractivity contribution is 7.89. The number of primary sulfonamides is 1. The minimum absolute atomic E-state index is 0.0558. The first-order chi connectivity index (χ1) is 10.2. The Morgan fingerprint density at radius 3 is 2.77 bits per heavy atom. The van der Waals surface area contributed by atoms with E-state index in [-0.39, 0.29) is 23.5 Å². The molecule has 1 amide bonds. The molecule has 2 rings (SSSR count). The number of carbonyl (C=O) groups is 1.